The highest BCUT2D eigenvalue weighted by Crippen LogP contribution is 2.25. The number of nitrogens with zero attached hydrogens (tertiary/aromatic N) is 1. The van der Waals surface area contributed by atoms with Crippen LogP contribution in [0.1, 0.15) is 38.3 Å². The van der Waals surface area contributed by atoms with E-state index in [0.717, 1.165) is 16.7 Å². The fraction of sp³-hybridized carbons (Fsp3) is 0.308. The highest BCUT2D eigenvalue weighted by atomic mass is 19.1. The van der Waals surface area contributed by atoms with Crippen LogP contribution in [0.3, 0.4) is 0 Å². The third-order valence-electron chi connectivity index (χ3n) is 5.47. The number of benzene rings is 2. The molecule has 0 saturated heterocycles. The number of aromatic nitrogens is 1. The number of ether oxygens (including phenoxy) is 2. The molecule has 8 heteroatoms. The van der Waals surface area contributed by atoms with Crippen LogP contribution in [-0.4, -0.2) is 41.4 Å². The number of aromatic hydroxyl groups is 1. The number of nitrogens with one attached hydrogen (secondary N) is 1. The number of carbonyl (C=O) groups excluding carboxylic acids is 1. The zero-order valence-corrected chi connectivity index (χ0v) is 19.1. The van der Waals surface area contributed by atoms with Crippen LogP contribution in [0.2, 0.25) is 0 Å². The molecule has 0 fully saturated rings. The number of carbonyl (C=O) groups is 1. The zero-order chi connectivity index (χ0) is 24.3. The Morgan fingerprint density at radius 1 is 1.09 bits per heavy atom. The Balaban J connectivity index is 1.54. The molecule has 3 aromatic rings. The summed E-state index contributed by atoms with van der Waals surface area (Å²) in [5.41, 5.74) is 3.56. The summed E-state index contributed by atoms with van der Waals surface area (Å²) >= 11 is 0. The van der Waals surface area contributed by atoms with Gasteiger partial charge in [0.1, 0.15) is 5.82 Å². The smallest absolute Gasteiger partial charge is 0.360 e. The van der Waals surface area contributed by atoms with Gasteiger partial charge in [0.2, 0.25) is 0 Å². The van der Waals surface area contributed by atoms with E-state index in [2.05, 4.69) is 15.0 Å². The van der Waals surface area contributed by atoms with Crippen LogP contribution in [0.5, 0.6) is 5.75 Å². The van der Waals surface area contributed by atoms with Crippen LogP contribution in [0.25, 0.3) is 0 Å². The van der Waals surface area contributed by atoms with Crippen molar-refractivity contribution in [3.8, 4) is 5.75 Å². The molecule has 3 N–H and O–H groups in total. The molecule has 0 spiro atoms. The van der Waals surface area contributed by atoms with Crippen molar-refractivity contribution in [3.63, 3.8) is 0 Å². The van der Waals surface area contributed by atoms with E-state index >= 15 is 0 Å². The molecule has 0 bridgehead atoms. The van der Waals surface area contributed by atoms with E-state index in [1.165, 1.54) is 19.4 Å². The molecule has 0 saturated carbocycles. The fourth-order valence-electron chi connectivity index (χ4n) is 3.61. The maximum Gasteiger partial charge on any atom is 0.360 e. The van der Waals surface area contributed by atoms with E-state index in [4.69, 9.17) is 4.74 Å². The molecule has 2 aromatic carbocycles. The lowest BCUT2D eigenvalue weighted by Crippen LogP contribution is -2.19. The van der Waals surface area contributed by atoms with Crippen LogP contribution in [0.15, 0.2) is 54.7 Å². The molecular weight excluding hydrogens is 439 g/mol. The van der Waals surface area contributed by atoms with Gasteiger partial charge in [-0.05, 0) is 53.8 Å². The van der Waals surface area contributed by atoms with Crippen molar-refractivity contribution in [1.82, 2.24) is 10.3 Å². The van der Waals surface area contributed by atoms with Crippen molar-refractivity contribution >= 4 is 5.97 Å². The molecule has 1 heterocycles. The lowest BCUT2D eigenvalue weighted by Gasteiger charge is -2.14. The number of hydrogen-bond acceptors (Lipinski definition) is 7. The summed E-state index contributed by atoms with van der Waals surface area (Å²) in [4.78, 5) is 15.6. The standard InChI is InChI=1S/C26H29FN2O5/c1-33-26(32)24-25(31)23(16-30)21(15-29-24)14-28-11-9-19-7-8-22(27)13-20(19)10-12-34-17-18-5-3-2-4-6-18/h2-8,13,15,28,30-31H,9-12,14,16-17H2,1H3. The Labute approximate surface area is 198 Å². The van der Waals surface area contributed by atoms with Gasteiger partial charge in [0.05, 0.1) is 26.9 Å². The second-order valence-corrected chi connectivity index (χ2v) is 7.74. The second kappa shape index (κ2) is 12.8. The Bertz CT molecular complexity index is 1090. The van der Waals surface area contributed by atoms with Gasteiger partial charge in [-0.1, -0.05) is 36.4 Å². The molecular formula is C26H29FN2O5. The molecule has 0 aliphatic rings. The lowest BCUT2D eigenvalue weighted by molar-refractivity contribution is 0.0590. The number of hydrogen-bond donors (Lipinski definition) is 3. The number of aliphatic hydroxyl groups is 1. The molecule has 0 aliphatic heterocycles. The van der Waals surface area contributed by atoms with Gasteiger partial charge in [-0.15, -0.1) is 0 Å². The van der Waals surface area contributed by atoms with E-state index in [-0.39, 0.29) is 22.8 Å². The average molecular weight is 469 g/mol. The highest BCUT2D eigenvalue weighted by Gasteiger charge is 2.19. The maximum atomic E-state index is 13.8. The van der Waals surface area contributed by atoms with Gasteiger partial charge in [0.15, 0.2) is 11.4 Å². The predicted molar refractivity (Wildman–Crippen MR) is 125 cm³/mol. The van der Waals surface area contributed by atoms with E-state index in [0.29, 0.717) is 44.7 Å². The summed E-state index contributed by atoms with van der Waals surface area (Å²) in [6.07, 6.45) is 2.68. The first-order valence-electron chi connectivity index (χ1n) is 11.0. The number of halogens is 1. The second-order valence-electron chi connectivity index (χ2n) is 7.74. The number of esters is 1. The molecule has 0 unspecified atom stereocenters. The van der Waals surface area contributed by atoms with Gasteiger partial charge in [-0.3, -0.25) is 0 Å². The summed E-state index contributed by atoms with van der Waals surface area (Å²) in [6, 6.07) is 14.6. The maximum absolute atomic E-state index is 13.8. The van der Waals surface area contributed by atoms with Crippen molar-refractivity contribution < 1.29 is 28.9 Å². The van der Waals surface area contributed by atoms with Crippen molar-refractivity contribution in [2.45, 2.75) is 32.6 Å². The number of methoxy groups -OCH3 is 1. The summed E-state index contributed by atoms with van der Waals surface area (Å²) in [5, 5.41) is 23.1. The normalized spacial score (nSPS) is 10.9. The van der Waals surface area contributed by atoms with Crippen LogP contribution in [0.4, 0.5) is 4.39 Å². The van der Waals surface area contributed by atoms with Crippen LogP contribution >= 0.6 is 0 Å². The number of pyridine rings is 1. The van der Waals surface area contributed by atoms with Crippen LogP contribution < -0.4 is 5.32 Å². The first-order valence-corrected chi connectivity index (χ1v) is 11.0. The van der Waals surface area contributed by atoms with Crippen molar-refractivity contribution in [1.29, 1.82) is 0 Å². The molecule has 3 rings (SSSR count). The van der Waals surface area contributed by atoms with Gasteiger partial charge in [-0.2, -0.15) is 0 Å². The molecule has 1 aromatic heterocycles. The van der Waals surface area contributed by atoms with Crippen molar-refractivity contribution in [2.24, 2.45) is 0 Å². The predicted octanol–water partition coefficient (Wildman–Crippen LogP) is 3.30. The Morgan fingerprint density at radius 2 is 1.88 bits per heavy atom. The summed E-state index contributed by atoms with van der Waals surface area (Å²) in [6.45, 7) is 1.45. The van der Waals surface area contributed by atoms with Gasteiger partial charge in [-0.25, -0.2) is 14.2 Å². The van der Waals surface area contributed by atoms with E-state index in [9.17, 15) is 19.4 Å². The number of rotatable bonds is 12. The molecule has 180 valence electrons. The van der Waals surface area contributed by atoms with Crippen molar-refractivity contribution in [2.75, 3.05) is 20.3 Å². The minimum Gasteiger partial charge on any atom is -0.505 e. The third-order valence-corrected chi connectivity index (χ3v) is 5.47. The topological polar surface area (TPSA) is 101 Å². The van der Waals surface area contributed by atoms with Gasteiger partial charge >= 0.3 is 5.97 Å². The Morgan fingerprint density at radius 3 is 2.62 bits per heavy atom. The quantitative estimate of drug-likeness (QED) is 0.277. The average Bonchev–Trinajstić information content (AvgIpc) is 2.85. The third kappa shape index (κ3) is 6.84. The number of aliphatic hydroxyl groups excluding tert-OH is 1. The zero-order valence-electron chi connectivity index (χ0n) is 19.1. The molecule has 0 aliphatic carbocycles. The molecule has 0 amide bonds. The fourth-order valence-corrected chi connectivity index (χ4v) is 3.61. The Hall–Kier alpha value is -3.33. The summed E-state index contributed by atoms with van der Waals surface area (Å²) in [7, 11) is 1.19. The largest absolute Gasteiger partial charge is 0.505 e. The van der Waals surface area contributed by atoms with Crippen LogP contribution in [0, 0.1) is 5.82 Å². The summed E-state index contributed by atoms with van der Waals surface area (Å²) in [5.74, 6) is -1.44. The van der Waals surface area contributed by atoms with E-state index < -0.39 is 12.6 Å². The highest BCUT2D eigenvalue weighted by molar-refractivity contribution is 5.90. The van der Waals surface area contributed by atoms with Crippen molar-refractivity contribution in [3.05, 3.63) is 94.1 Å². The molecule has 0 atom stereocenters. The first kappa shape index (κ1) is 25.3. The Kier molecular flexibility index (Phi) is 9.51. The van der Waals surface area contributed by atoms with E-state index in [1.807, 2.05) is 30.3 Å². The monoisotopic (exact) mass is 468 g/mol. The molecule has 0 radical (unpaired) electrons. The summed E-state index contributed by atoms with van der Waals surface area (Å²) < 4.78 is 24.2. The van der Waals surface area contributed by atoms with E-state index in [1.54, 1.807) is 12.1 Å². The van der Waals surface area contributed by atoms with Gasteiger partial charge < -0.3 is 25.0 Å². The minimum absolute atomic E-state index is 0.223. The lowest BCUT2D eigenvalue weighted by atomic mass is 10.0. The SMILES string of the molecule is COC(=O)c1ncc(CNCCc2ccc(F)cc2CCOCc2ccccc2)c(CO)c1O. The minimum atomic E-state index is -0.775. The van der Waals surface area contributed by atoms with Crippen LogP contribution in [-0.2, 0) is 42.1 Å². The first-order chi connectivity index (χ1) is 16.5. The van der Waals surface area contributed by atoms with Gasteiger partial charge in [0.25, 0.3) is 0 Å². The van der Waals surface area contributed by atoms with Gasteiger partial charge in [0, 0.05) is 18.3 Å². The molecule has 34 heavy (non-hydrogen) atoms. The molecule has 7 nitrogen and oxygen atoms in total.